The third-order valence-corrected chi connectivity index (χ3v) is 24.2. The van der Waals surface area contributed by atoms with Crippen LogP contribution in [-0.4, -0.2) is 360 Å². The zero-order chi connectivity index (χ0) is 91.9. The average molecular weight is 1830 g/mol. The van der Waals surface area contributed by atoms with Gasteiger partial charge in [0.25, 0.3) is 11.8 Å². The largest absolute Gasteiger partial charge is 0.392 e. The number of nitrogens with zero attached hydrogens (tertiary/aromatic N) is 21. The second kappa shape index (κ2) is 46.2. The van der Waals surface area contributed by atoms with Gasteiger partial charge < -0.3 is 89.6 Å². The summed E-state index contributed by atoms with van der Waals surface area (Å²) in [5.41, 5.74) is 13.9. The van der Waals surface area contributed by atoms with E-state index in [1.165, 1.54) is 16.7 Å². The van der Waals surface area contributed by atoms with Crippen LogP contribution in [-0.2, 0) is 63.6 Å². The van der Waals surface area contributed by atoms with Crippen LogP contribution >= 0.6 is 0 Å². The normalized spacial score (nSPS) is 16.9. The molecule has 7 saturated heterocycles. The number of ether oxygens (including phenoxy) is 3. The van der Waals surface area contributed by atoms with E-state index < -0.39 is 23.1 Å². The van der Waals surface area contributed by atoms with E-state index in [1.54, 1.807) is 48.5 Å². The summed E-state index contributed by atoms with van der Waals surface area (Å²) in [6.45, 7) is 24.7. The van der Waals surface area contributed by atoms with Crippen LogP contribution in [0.2, 0.25) is 0 Å². The molecule has 0 radical (unpaired) electrons. The third kappa shape index (κ3) is 25.8. The minimum absolute atomic E-state index is 0.00288. The first kappa shape index (κ1) is 95.1. The molecule has 0 bridgehead atoms. The van der Waals surface area contributed by atoms with Gasteiger partial charge in [-0.25, -0.2) is 38.1 Å². The van der Waals surface area contributed by atoms with Crippen LogP contribution in [0.5, 0.6) is 0 Å². The molecular formula is C92H117N25O12S2. The maximum Gasteiger partial charge on any atom is 0.335 e. The number of likely N-dealkylation sites (tertiary alicyclic amines) is 1. The van der Waals surface area contributed by atoms with Crippen LogP contribution in [0.25, 0.3) is 50.7 Å². The number of fused-ring (bicyclic) bond motifs is 3. The van der Waals surface area contributed by atoms with E-state index in [0.29, 0.717) is 97.0 Å². The predicted octanol–water partition coefficient (Wildman–Crippen LogP) is 7.25. The number of aliphatic hydroxyl groups is 1. The highest BCUT2D eigenvalue weighted by molar-refractivity contribution is 7.52. The Morgan fingerprint density at radius 3 is 1.08 bits per heavy atom. The summed E-state index contributed by atoms with van der Waals surface area (Å²) in [6, 6.07) is 43.3. The highest BCUT2D eigenvalue weighted by Gasteiger charge is 2.29. The van der Waals surface area contributed by atoms with Crippen molar-refractivity contribution in [1.82, 2.24) is 87.9 Å². The number of urea groups is 2. The molecule has 11 aromatic rings. The van der Waals surface area contributed by atoms with Gasteiger partial charge in [0, 0.05) is 226 Å². The number of carbonyl (C=O) groups excluding carboxylic acids is 4. The number of hydrogen-bond acceptors (Lipinski definition) is 28. The van der Waals surface area contributed by atoms with Crippen molar-refractivity contribution < 1.29 is 55.3 Å². The van der Waals surface area contributed by atoms with Crippen LogP contribution < -0.4 is 36.0 Å². The SMILES string of the molecule is CN(C)Cc1cc2c(N3CCOCC3)nc(-c3cccc(CO)c3)nn2c1.CN1CCN(Cc2cc3c(N4CCOCC4)nc(-c4ccc(NC(=O)Nc5ccc(C(=O)N6CCC(N(C)C)CC6)cc5)cc4)nn3c2)CC1.CN1CCN(Cc2cc3c(N4CCOCC4)nc(-c4ccc(NC(=O)Nc5ccc(C(=O)N6CCN(C)CC6)cc5)cc4)nn3c2)CC1.O=S=O.O=S=O. The van der Waals surface area contributed by atoms with Gasteiger partial charge in [-0.1, -0.05) is 18.2 Å². The first-order valence-electron chi connectivity index (χ1n) is 44.3. The van der Waals surface area contributed by atoms with E-state index in [-0.39, 0.29) is 30.5 Å². The molecule has 0 spiro atoms. The maximum atomic E-state index is 13.0. The number of benzene rings is 5. The van der Waals surface area contributed by atoms with Gasteiger partial charge in [0.05, 0.1) is 46.2 Å². The zero-order valence-electron chi connectivity index (χ0n) is 75.4. The van der Waals surface area contributed by atoms with Crippen LogP contribution in [0.3, 0.4) is 0 Å². The molecule has 7 fully saturated rings. The predicted molar refractivity (Wildman–Crippen MR) is 505 cm³/mol. The van der Waals surface area contributed by atoms with E-state index in [1.807, 2.05) is 96.1 Å². The van der Waals surface area contributed by atoms with Gasteiger partial charge in [-0.15, -0.1) is 15.3 Å². The Hall–Kier alpha value is -12.0. The van der Waals surface area contributed by atoms with Crippen molar-refractivity contribution in [3.8, 4) is 34.2 Å². The highest BCUT2D eigenvalue weighted by atomic mass is 32.1. The summed E-state index contributed by atoms with van der Waals surface area (Å²) in [5.74, 6) is 4.69. The lowest BCUT2D eigenvalue weighted by atomic mass is 10.0. The molecule has 694 valence electrons. The number of morpholine rings is 3. The number of aliphatic hydroxyl groups excluding tert-OH is 1. The molecule has 37 nitrogen and oxygen atoms in total. The number of piperazine rings is 3. The topological polar surface area (TPSA) is 362 Å². The number of piperidine rings is 1. The summed E-state index contributed by atoms with van der Waals surface area (Å²) < 4.78 is 55.8. The number of carbonyl (C=O) groups is 4. The monoisotopic (exact) mass is 1830 g/mol. The summed E-state index contributed by atoms with van der Waals surface area (Å²) in [4.78, 5) is 93.5. The molecule has 0 atom stereocenters. The molecule has 131 heavy (non-hydrogen) atoms. The second-order valence-corrected chi connectivity index (χ2v) is 34.3. The lowest BCUT2D eigenvalue weighted by Crippen LogP contribution is -2.47. The van der Waals surface area contributed by atoms with Crippen molar-refractivity contribution in [2.45, 2.75) is 45.1 Å². The number of rotatable bonds is 20. The molecule has 6 amide bonds. The number of amides is 6. The first-order valence-corrected chi connectivity index (χ1v) is 45.6. The molecule has 5 aromatic carbocycles. The van der Waals surface area contributed by atoms with Gasteiger partial charge >= 0.3 is 35.2 Å². The minimum atomic E-state index is -0.750. The summed E-state index contributed by atoms with van der Waals surface area (Å²) in [5, 5.41) is 35.6. The number of likely N-dealkylation sites (N-methyl/N-ethyl adjacent to an activating group) is 3. The van der Waals surface area contributed by atoms with Crippen molar-refractivity contribution >= 4 is 104 Å². The molecule has 5 N–H and O–H groups in total. The lowest BCUT2D eigenvalue weighted by molar-refractivity contribution is 0.0656. The van der Waals surface area contributed by atoms with E-state index in [9.17, 15) is 24.3 Å². The molecule has 39 heteroatoms. The standard InChI is InChI=1S/C37H48N10O3.C35H44N10O3.C20H25N5O2.2O2S/c1-42(2)32-12-14-46(15-13-32)36(48)29-6-10-31(11-7-29)39-37(49)38-30-8-4-28(5-9-30)34-40-35(45-20-22-50-23-21-45)33-24-27(26-47(33)41-34)25-44-18-16-43(3)17-19-44;1-40-11-15-42(16-12-40)24-26-23-31-33(43-19-21-48-22-20-43)38-32(39-45(31)25-26)27-3-7-29(8-4-27)36-35(47)37-30-9-5-28(6-10-30)34(46)44-17-13-41(2)14-18-44;1-23(2)12-16-11-18-20(24-6-8-27-9-7-24)21-19(22-25(18)13-16)17-5-3-4-15(10-17)14-26;2*1-3-2/h4-11,24,26,32H,12-23,25H2,1-3H3,(H2,38,39,49);3-10,23,25H,11-22,24H2,1-2H3,(H2,36,37,47);3-5,10-11,13,26H,6-9,12,14H2,1-2H3;;. The Morgan fingerprint density at radius 2 is 0.725 bits per heavy atom. The van der Waals surface area contributed by atoms with Gasteiger partial charge in [0.2, 0.25) is 0 Å². The average Bonchev–Trinajstić information content (AvgIpc) is 1.67. The molecule has 6 aromatic heterocycles. The minimum Gasteiger partial charge on any atom is -0.392 e. The summed E-state index contributed by atoms with van der Waals surface area (Å²) >= 11 is -1.50. The summed E-state index contributed by atoms with van der Waals surface area (Å²) in [7, 11) is 14.7. The van der Waals surface area contributed by atoms with Crippen molar-refractivity contribution in [3.05, 3.63) is 191 Å². The molecule has 0 aliphatic carbocycles. The smallest absolute Gasteiger partial charge is 0.335 e. The van der Waals surface area contributed by atoms with Crippen LogP contribution in [0.4, 0.5) is 49.8 Å². The third-order valence-electron chi connectivity index (χ3n) is 24.2. The maximum absolute atomic E-state index is 13.0. The molecule has 7 aliphatic heterocycles. The van der Waals surface area contributed by atoms with Crippen LogP contribution in [0.1, 0.15) is 55.8 Å². The van der Waals surface area contributed by atoms with Crippen molar-refractivity contribution in [1.29, 1.82) is 0 Å². The molecule has 0 saturated carbocycles. The van der Waals surface area contributed by atoms with Crippen molar-refractivity contribution in [3.63, 3.8) is 0 Å². The Kier molecular flexibility index (Phi) is 33.6. The Labute approximate surface area is 769 Å². The van der Waals surface area contributed by atoms with E-state index in [2.05, 4.69) is 156 Å². The quantitative estimate of drug-likeness (QED) is 0.0501. The Bertz CT molecular complexity index is 5700. The van der Waals surface area contributed by atoms with Gasteiger partial charge in [0.1, 0.15) is 16.6 Å². The van der Waals surface area contributed by atoms with Gasteiger partial charge in [-0.05, 0) is 206 Å². The number of anilines is 7. The zero-order valence-corrected chi connectivity index (χ0v) is 77.0. The number of hydrogen-bond donors (Lipinski definition) is 5. The highest BCUT2D eigenvalue weighted by Crippen LogP contribution is 2.33. The molecule has 0 unspecified atom stereocenters. The number of nitrogens with one attached hydrogen (secondary N) is 4. The van der Waals surface area contributed by atoms with E-state index >= 15 is 0 Å². The summed E-state index contributed by atoms with van der Waals surface area (Å²) in [6.07, 6.45) is 8.27. The second-order valence-electron chi connectivity index (χ2n) is 34.1. The fraction of sp³-hybridized carbons (Fsp3) is 0.435. The fourth-order valence-electron chi connectivity index (χ4n) is 16.8. The lowest BCUT2D eigenvalue weighted by Gasteiger charge is -2.35. The molecule has 18 rings (SSSR count). The fourth-order valence-corrected chi connectivity index (χ4v) is 16.8. The van der Waals surface area contributed by atoms with E-state index in [4.69, 9.17) is 61.3 Å². The van der Waals surface area contributed by atoms with Crippen LogP contribution in [0, 0.1) is 0 Å². The Morgan fingerprint density at radius 1 is 0.397 bits per heavy atom. The Balaban J connectivity index is 0.000000160. The van der Waals surface area contributed by atoms with Crippen LogP contribution in [0.15, 0.2) is 158 Å². The first-order chi connectivity index (χ1) is 63.6. The van der Waals surface area contributed by atoms with Gasteiger partial charge in [0.15, 0.2) is 34.9 Å². The molecule has 13 heterocycles. The van der Waals surface area contributed by atoms with E-state index in [0.717, 1.165) is 220 Å². The number of aromatic nitrogens is 9. The molecule has 7 aliphatic rings. The molecular weight excluding hydrogens is 1710 g/mol. The van der Waals surface area contributed by atoms with Crippen molar-refractivity contribution in [2.75, 3.05) is 256 Å². The van der Waals surface area contributed by atoms with Crippen molar-refractivity contribution in [2.24, 2.45) is 0 Å². The van der Waals surface area contributed by atoms with Gasteiger partial charge in [-0.2, -0.15) is 16.8 Å². The van der Waals surface area contributed by atoms with Gasteiger partial charge in [-0.3, -0.25) is 19.4 Å².